The van der Waals surface area contributed by atoms with Gasteiger partial charge in [0.2, 0.25) is 5.91 Å². The first kappa shape index (κ1) is 26.3. The molecule has 5 rings (SSSR count). The van der Waals surface area contributed by atoms with E-state index in [0.29, 0.717) is 11.3 Å². The van der Waals surface area contributed by atoms with Crippen molar-refractivity contribution in [3.63, 3.8) is 0 Å². The Morgan fingerprint density at radius 3 is 2.06 bits per heavy atom. The summed E-state index contributed by atoms with van der Waals surface area (Å²) in [5.41, 5.74) is 6.62. The first-order valence-corrected chi connectivity index (χ1v) is 13.4. The average Bonchev–Trinajstić information content (AvgIpc) is 2.75. The lowest BCUT2D eigenvalue weighted by atomic mass is 9.53. The fourth-order valence-electron chi connectivity index (χ4n) is 6.65. The van der Waals surface area contributed by atoms with Crippen LogP contribution in [-0.2, 0) is 19.1 Å². The highest BCUT2D eigenvalue weighted by Gasteiger charge is 2.48. The van der Waals surface area contributed by atoms with Crippen LogP contribution in [0, 0.1) is 23.7 Å². The zero-order chi connectivity index (χ0) is 24.0. The fraction of sp³-hybridized carbons (Fsp3) is 0.880. The third-order valence-corrected chi connectivity index (χ3v) is 8.40. The van der Waals surface area contributed by atoms with E-state index in [1.165, 1.54) is 49.8 Å². The fourth-order valence-corrected chi connectivity index (χ4v) is 6.81. The molecule has 188 valence electrons. The highest BCUT2D eigenvalue weighted by Crippen LogP contribution is 2.54. The quantitative estimate of drug-likeness (QED) is 0.360. The number of esters is 1. The van der Waals surface area contributed by atoms with E-state index in [0.717, 1.165) is 43.4 Å². The Kier molecular flexibility index (Phi) is 9.51. The number of hydrogen-bond donors (Lipinski definition) is 3. The minimum atomic E-state index is -1.10. The third-order valence-electron chi connectivity index (χ3n) is 7.85. The maximum Gasteiger partial charge on any atom is 0.323 e. The van der Waals surface area contributed by atoms with Crippen LogP contribution in [0.3, 0.4) is 0 Å². The maximum absolute atomic E-state index is 12.1. The summed E-state index contributed by atoms with van der Waals surface area (Å²) in [7, 11) is 0. The second kappa shape index (κ2) is 11.9. The van der Waals surface area contributed by atoms with Crippen LogP contribution in [0.1, 0.15) is 84.0 Å². The van der Waals surface area contributed by atoms with Crippen LogP contribution >= 0.6 is 12.6 Å². The summed E-state index contributed by atoms with van der Waals surface area (Å²) in [6.07, 6.45) is 13.7. The smallest absolute Gasteiger partial charge is 0.323 e. The van der Waals surface area contributed by atoms with Crippen molar-refractivity contribution >= 4 is 30.5 Å². The van der Waals surface area contributed by atoms with Crippen molar-refractivity contribution in [2.45, 2.75) is 95.6 Å². The number of thiol groups is 1. The molecule has 8 heteroatoms. The van der Waals surface area contributed by atoms with Gasteiger partial charge in [-0.1, -0.05) is 13.3 Å². The number of rotatable bonds is 8. The van der Waals surface area contributed by atoms with Crippen molar-refractivity contribution in [3.8, 4) is 0 Å². The molecule has 0 aromatic rings. The van der Waals surface area contributed by atoms with E-state index < -0.39 is 12.5 Å². The Labute approximate surface area is 203 Å². The Morgan fingerprint density at radius 2 is 1.61 bits per heavy atom. The molecule has 3 N–H and O–H groups in total. The molecule has 5 aliphatic carbocycles. The molecule has 1 amide bonds. The van der Waals surface area contributed by atoms with Crippen LogP contribution in [0.4, 0.5) is 0 Å². The molecule has 7 nitrogen and oxygen atoms in total. The molecule has 1 atom stereocenters. The van der Waals surface area contributed by atoms with Crippen molar-refractivity contribution in [1.29, 1.82) is 0 Å². The van der Waals surface area contributed by atoms with E-state index in [2.05, 4.69) is 12.6 Å². The van der Waals surface area contributed by atoms with E-state index >= 15 is 0 Å². The topological polar surface area (TPSA) is 110 Å². The highest BCUT2D eigenvalue weighted by atomic mass is 32.1. The van der Waals surface area contributed by atoms with Crippen molar-refractivity contribution in [1.82, 2.24) is 4.90 Å². The third kappa shape index (κ3) is 7.88. The van der Waals surface area contributed by atoms with Gasteiger partial charge in [0.05, 0.1) is 6.42 Å². The summed E-state index contributed by atoms with van der Waals surface area (Å²) in [5, 5.41) is 8.88. The number of carboxylic acids is 1. The highest BCUT2D eigenvalue weighted by molar-refractivity contribution is 7.80. The Bertz CT molecular complexity index is 659. The minimum Gasteiger partial charge on any atom is -0.480 e. The van der Waals surface area contributed by atoms with Crippen LogP contribution in [0.2, 0.25) is 0 Å². The lowest BCUT2D eigenvalue weighted by molar-refractivity contribution is -0.153. The molecular formula is C25H42N2O5S. The molecule has 33 heavy (non-hydrogen) atoms. The first-order valence-electron chi connectivity index (χ1n) is 12.8. The molecule has 0 radical (unpaired) electrons. The number of hydrogen-bond acceptors (Lipinski definition) is 6. The number of ether oxygens (including phenoxy) is 1. The standard InChI is InChI=1S/C15H25NO5S.C10H17N/c1-11(10-22)15(20)16(9-13(17)18)8-7-14(19)21-12-5-3-2-4-6-12;11-10-4-7-1-8(5-10)3-9(2-7)6-10/h11-12,22H,2-10H2,1H3,(H,17,18);7-9H,1-6,11H2. The van der Waals surface area contributed by atoms with Gasteiger partial charge < -0.3 is 20.5 Å². The van der Waals surface area contributed by atoms with Gasteiger partial charge >= 0.3 is 11.9 Å². The summed E-state index contributed by atoms with van der Waals surface area (Å²) < 4.78 is 5.37. The van der Waals surface area contributed by atoms with Gasteiger partial charge in [-0.25, -0.2) is 0 Å². The zero-order valence-corrected chi connectivity index (χ0v) is 20.9. The molecule has 1 unspecified atom stereocenters. The second-order valence-electron chi connectivity index (χ2n) is 11.0. The number of nitrogens with two attached hydrogens (primary N) is 1. The van der Waals surface area contributed by atoms with Gasteiger partial charge in [0.1, 0.15) is 12.6 Å². The summed E-state index contributed by atoms with van der Waals surface area (Å²) in [6.45, 7) is 1.34. The van der Waals surface area contributed by atoms with Gasteiger partial charge in [-0.05, 0) is 82.0 Å². The number of aliphatic carboxylic acids is 1. The molecule has 5 fully saturated rings. The minimum absolute atomic E-state index is 0.0226. The SMILES string of the molecule is CC(CS)C(=O)N(CCC(=O)OC1CCCCC1)CC(=O)O.NC12CC3CC(CC(C3)C1)C2. The van der Waals surface area contributed by atoms with Gasteiger partial charge in [0, 0.05) is 23.8 Å². The molecular weight excluding hydrogens is 440 g/mol. The van der Waals surface area contributed by atoms with Crippen molar-refractivity contribution in [2.24, 2.45) is 29.4 Å². The monoisotopic (exact) mass is 482 g/mol. The van der Waals surface area contributed by atoms with Gasteiger partial charge in [-0.15, -0.1) is 0 Å². The number of carbonyl (C=O) groups excluding carboxylic acids is 2. The number of amides is 1. The van der Waals surface area contributed by atoms with Crippen LogP contribution in [0.15, 0.2) is 0 Å². The van der Waals surface area contributed by atoms with Crippen LogP contribution < -0.4 is 5.73 Å². The second-order valence-corrected chi connectivity index (χ2v) is 11.4. The van der Waals surface area contributed by atoms with E-state index in [-0.39, 0.29) is 36.9 Å². The van der Waals surface area contributed by atoms with Crippen LogP contribution in [0.25, 0.3) is 0 Å². The van der Waals surface area contributed by atoms with Crippen molar-refractivity contribution < 1.29 is 24.2 Å². The predicted molar refractivity (Wildman–Crippen MR) is 130 cm³/mol. The Hall–Kier alpha value is -1.28. The molecule has 4 bridgehead atoms. The van der Waals surface area contributed by atoms with E-state index in [9.17, 15) is 14.4 Å². The Balaban J connectivity index is 0.000000227. The first-order chi connectivity index (χ1) is 15.7. The lowest BCUT2D eigenvalue weighted by Crippen LogP contribution is -2.55. The average molecular weight is 483 g/mol. The molecule has 0 aliphatic heterocycles. The molecule has 0 aromatic carbocycles. The normalized spacial score (nSPS) is 31.3. The number of nitrogens with zero attached hydrogens (tertiary/aromatic N) is 1. The lowest BCUT2D eigenvalue weighted by Gasteiger charge is -2.55. The molecule has 0 aromatic heterocycles. The van der Waals surface area contributed by atoms with Crippen LogP contribution in [0.5, 0.6) is 0 Å². The van der Waals surface area contributed by atoms with Gasteiger partial charge in [0.25, 0.3) is 0 Å². The number of carboxylic acid groups (broad SMARTS) is 1. The molecule has 0 spiro atoms. The van der Waals surface area contributed by atoms with Gasteiger partial charge in [-0.3, -0.25) is 14.4 Å². The van der Waals surface area contributed by atoms with E-state index in [1.54, 1.807) is 6.92 Å². The maximum atomic E-state index is 12.1. The molecule has 5 aliphatic rings. The largest absolute Gasteiger partial charge is 0.480 e. The van der Waals surface area contributed by atoms with Crippen molar-refractivity contribution in [3.05, 3.63) is 0 Å². The summed E-state index contributed by atoms with van der Waals surface area (Å²) in [6, 6.07) is 0. The predicted octanol–water partition coefficient (Wildman–Crippen LogP) is 3.65. The zero-order valence-electron chi connectivity index (χ0n) is 20.0. The van der Waals surface area contributed by atoms with Gasteiger partial charge in [-0.2, -0.15) is 12.6 Å². The molecule has 0 heterocycles. The molecule has 0 saturated heterocycles. The van der Waals surface area contributed by atoms with Crippen molar-refractivity contribution in [2.75, 3.05) is 18.8 Å². The summed E-state index contributed by atoms with van der Waals surface area (Å²) in [5.74, 6) is 1.25. The Morgan fingerprint density at radius 1 is 1.06 bits per heavy atom. The number of carbonyl (C=O) groups is 3. The summed E-state index contributed by atoms with van der Waals surface area (Å²) in [4.78, 5) is 36.0. The molecule has 5 saturated carbocycles. The summed E-state index contributed by atoms with van der Waals surface area (Å²) >= 11 is 4.05. The van der Waals surface area contributed by atoms with Crippen LogP contribution in [-0.4, -0.2) is 58.3 Å². The van der Waals surface area contributed by atoms with Gasteiger partial charge in [0.15, 0.2) is 0 Å². The van der Waals surface area contributed by atoms with E-state index in [4.69, 9.17) is 15.6 Å². The van der Waals surface area contributed by atoms with E-state index in [1.807, 2.05) is 0 Å².